The third-order valence-electron chi connectivity index (χ3n) is 3.77. The van der Waals surface area contributed by atoms with Gasteiger partial charge in [-0.3, -0.25) is 0 Å². The third-order valence-corrected chi connectivity index (χ3v) is 4.64. The molecule has 0 unspecified atom stereocenters. The molecule has 0 N–H and O–H groups in total. The van der Waals surface area contributed by atoms with Crippen LogP contribution in [-0.4, -0.2) is 4.98 Å². The van der Waals surface area contributed by atoms with Gasteiger partial charge in [0.15, 0.2) is 0 Å². The van der Waals surface area contributed by atoms with Crippen molar-refractivity contribution in [3.05, 3.63) is 75.6 Å². The molecule has 0 atom stereocenters. The highest BCUT2D eigenvalue weighted by molar-refractivity contribution is 7.11. The zero-order valence-electron chi connectivity index (χ0n) is 13.7. The molecule has 1 heterocycles. The summed E-state index contributed by atoms with van der Waals surface area (Å²) in [5.41, 5.74) is 1.98. The Labute approximate surface area is 152 Å². The number of rotatable bonds is 3. The number of nitriles is 1. The minimum Gasteiger partial charge on any atom is -0.235 e. The average molecular weight is 370 g/mol. The number of aryl methyl sites for hydroxylation is 1. The molecule has 0 saturated carbocycles. The smallest absolute Gasteiger partial charge is 0.235 e. The molecule has 0 aliphatic carbocycles. The first kappa shape index (κ1) is 17.9. The molecule has 3 aromatic rings. The van der Waals surface area contributed by atoms with Crippen molar-refractivity contribution in [2.45, 2.75) is 13.1 Å². The quantitative estimate of drug-likeness (QED) is 0.515. The summed E-state index contributed by atoms with van der Waals surface area (Å²) >= 11 is 1.23. The lowest BCUT2D eigenvalue weighted by Gasteiger charge is -2.09. The standard InChI is InChI=1S/C20H13F3N2S/c1-13-6-8-14(9-7-13)18-12-26-19(25-18)16(11-24)10-15-4-2-3-5-17(15)20(21,22)23/h2-10,12H,1H3. The minimum atomic E-state index is -4.48. The molecule has 0 saturated heterocycles. The number of alkyl halides is 3. The van der Waals surface area contributed by atoms with Gasteiger partial charge in [0.05, 0.1) is 16.8 Å². The number of nitrogens with zero attached hydrogens (tertiary/aromatic N) is 2. The molecule has 2 nitrogen and oxygen atoms in total. The molecular formula is C20H13F3N2S. The highest BCUT2D eigenvalue weighted by Crippen LogP contribution is 2.34. The molecule has 1 aromatic heterocycles. The monoisotopic (exact) mass is 370 g/mol. The Bertz CT molecular complexity index is 993. The molecule has 26 heavy (non-hydrogen) atoms. The van der Waals surface area contributed by atoms with Gasteiger partial charge < -0.3 is 0 Å². The Balaban J connectivity index is 2.00. The number of allylic oxidation sites excluding steroid dienone is 1. The van der Waals surface area contributed by atoms with Crippen LogP contribution in [0, 0.1) is 18.3 Å². The second-order valence-electron chi connectivity index (χ2n) is 5.66. The van der Waals surface area contributed by atoms with Crippen molar-refractivity contribution < 1.29 is 13.2 Å². The van der Waals surface area contributed by atoms with Crippen LogP contribution < -0.4 is 0 Å². The van der Waals surface area contributed by atoms with E-state index < -0.39 is 11.7 Å². The molecule has 3 rings (SSSR count). The van der Waals surface area contributed by atoms with Gasteiger partial charge in [-0.25, -0.2) is 4.98 Å². The van der Waals surface area contributed by atoms with Gasteiger partial charge in [-0.15, -0.1) is 11.3 Å². The fourth-order valence-electron chi connectivity index (χ4n) is 2.43. The van der Waals surface area contributed by atoms with Crippen LogP contribution in [0.15, 0.2) is 53.9 Å². The molecule has 0 spiro atoms. The summed E-state index contributed by atoms with van der Waals surface area (Å²) in [6.45, 7) is 1.98. The SMILES string of the molecule is Cc1ccc(-c2csc(C(C#N)=Cc3ccccc3C(F)(F)F)n2)cc1. The fourth-order valence-corrected chi connectivity index (χ4v) is 3.23. The van der Waals surface area contributed by atoms with Gasteiger partial charge in [0.1, 0.15) is 11.1 Å². The predicted octanol–water partition coefficient (Wildman–Crippen LogP) is 6.20. The van der Waals surface area contributed by atoms with Crippen molar-refractivity contribution in [1.29, 1.82) is 5.26 Å². The Morgan fingerprint density at radius 2 is 1.81 bits per heavy atom. The Morgan fingerprint density at radius 3 is 2.46 bits per heavy atom. The molecule has 0 radical (unpaired) electrons. The third kappa shape index (κ3) is 3.84. The van der Waals surface area contributed by atoms with E-state index in [9.17, 15) is 18.4 Å². The molecule has 0 bridgehead atoms. The average Bonchev–Trinajstić information content (AvgIpc) is 3.09. The van der Waals surface area contributed by atoms with Crippen LogP contribution in [0.2, 0.25) is 0 Å². The number of hydrogen-bond donors (Lipinski definition) is 0. The number of aromatic nitrogens is 1. The lowest BCUT2D eigenvalue weighted by Crippen LogP contribution is -2.07. The van der Waals surface area contributed by atoms with Crippen molar-refractivity contribution >= 4 is 23.0 Å². The molecular weight excluding hydrogens is 357 g/mol. The van der Waals surface area contributed by atoms with Gasteiger partial charge in [0.2, 0.25) is 0 Å². The predicted molar refractivity (Wildman–Crippen MR) is 97.2 cm³/mol. The Kier molecular flexibility index (Phi) is 4.92. The van der Waals surface area contributed by atoms with Crippen LogP contribution in [0.25, 0.3) is 22.9 Å². The fraction of sp³-hybridized carbons (Fsp3) is 0.100. The van der Waals surface area contributed by atoms with Crippen molar-refractivity contribution in [3.63, 3.8) is 0 Å². The molecule has 0 aliphatic heterocycles. The number of benzene rings is 2. The highest BCUT2D eigenvalue weighted by Gasteiger charge is 2.32. The molecule has 2 aromatic carbocycles. The summed E-state index contributed by atoms with van der Waals surface area (Å²) in [5, 5.41) is 11.6. The number of hydrogen-bond acceptors (Lipinski definition) is 3. The lowest BCUT2D eigenvalue weighted by atomic mass is 10.0. The van der Waals surface area contributed by atoms with Crippen LogP contribution in [-0.2, 0) is 6.18 Å². The number of thiazole rings is 1. The summed E-state index contributed by atoms with van der Waals surface area (Å²) in [7, 11) is 0. The maximum absolute atomic E-state index is 13.1. The Morgan fingerprint density at radius 1 is 1.12 bits per heavy atom. The Hall–Kier alpha value is -2.91. The highest BCUT2D eigenvalue weighted by atomic mass is 32.1. The van der Waals surface area contributed by atoms with Gasteiger partial charge in [0.25, 0.3) is 0 Å². The van der Waals surface area contributed by atoms with Crippen molar-refractivity contribution in [2.24, 2.45) is 0 Å². The number of halogens is 3. The first-order valence-electron chi connectivity index (χ1n) is 7.69. The molecule has 6 heteroatoms. The van der Waals surface area contributed by atoms with E-state index in [1.54, 1.807) is 5.38 Å². The van der Waals surface area contributed by atoms with E-state index in [1.165, 1.54) is 35.6 Å². The summed E-state index contributed by atoms with van der Waals surface area (Å²) in [6.07, 6.45) is -3.25. The van der Waals surface area contributed by atoms with Gasteiger partial charge in [-0.2, -0.15) is 18.4 Å². The molecule has 130 valence electrons. The van der Waals surface area contributed by atoms with Crippen LogP contribution in [0.1, 0.15) is 21.7 Å². The van der Waals surface area contributed by atoms with E-state index in [0.717, 1.165) is 17.2 Å². The van der Waals surface area contributed by atoms with Gasteiger partial charge in [-0.05, 0) is 24.6 Å². The van der Waals surface area contributed by atoms with Crippen LogP contribution in [0.4, 0.5) is 13.2 Å². The summed E-state index contributed by atoms with van der Waals surface area (Å²) in [5.74, 6) is 0. The lowest BCUT2D eigenvalue weighted by molar-refractivity contribution is -0.137. The maximum atomic E-state index is 13.1. The van der Waals surface area contributed by atoms with E-state index in [-0.39, 0.29) is 11.1 Å². The molecule has 0 fully saturated rings. The molecule has 0 amide bonds. The summed E-state index contributed by atoms with van der Waals surface area (Å²) < 4.78 is 39.4. The maximum Gasteiger partial charge on any atom is 0.416 e. The summed E-state index contributed by atoms with van der Waals surface area (Å²) in [4.78, 5) is 4.42. The minimum absolute atomic E-state index is 0.0522. The topological polar surface area (TPSA) is 36.7 Å². The normalized spacial score (nSPS) is 12.0. The first-order chi connectivity index (χ1) is 12.4. The van der Waals surface area contributed by atoms with E-state index in [0.29, 0.717) is 10.7 Å². The van der Waals surface area contributed by atoms with E-state index in [1.807, 2.05) is 37.3 Å². The zero-order valence-corrected chi connectivity index (χ0v) is 14.5. The van der Waals surface area contributed by atoms with Crippen LogP contribution in [0.3, 0.4) is 0 Å². The van der Waals surface area contributed by atoms with Gasteiger partial charge >= 0.3 is 6.18 Å². The largest absolute Gasteiger partial charge is 0.416 e. The first-order valence-corrected chi connectivity index (χ1v) is 8.57. The van der Waals surface area contributed by atoms with Gasteiger partial charge in [0, 0.05) is 10.9 Å². The van der Waals surface area contributed by atoms with Crippen molar-refractivity contribution in [3.8, 4) is 17.3 Å². The summed E-state index contributed by atoms with van der Waals surface area (Å²) in [6, 6.07) is 14.9. The molecule has 0 aliphatic rings. The second-order valence-corrected chi connectivity index (χ2v) is 6.52. The van der Waals surface area contributed by atoms with Crippen molar-refractivity contribution in [2.75, 3.05) is 0 Å². The van der Waals surface area contributed by atoms with Gasteiger partial charge in [-0.1, -0.05) is 48.0 Å². The zero-order chi connectivity index (χ0) is 18.7. The van der Waals surface area contributed by atoms with Crippen LogP contribution in [0.5, 0.6) is 0 Å². The van der Waals surface area contributed by atoms with E-state index in [4.69, 9.17) is 0 Å². The van der Waals surface area contributed by atoms with Crippen molar-refractivity contribution in [1.82, 2.24) is 4.98 Å². The second kappa shape index (κ2) is 7.14. The van der Waals surface area contributed by atoms with E-state index in [2.05, 4.69) is 4.98 Å². The van der Waals surface area contributed by atoms with E-state index >= 15 is 0 Å². The van der Waals surface area contributed by atoms with Crippen LogP contribution >= 0.6 is 11.3 Å².